The van der Waals surface area contributed by atoms with Gasteiger partial charge in [0.2, 0.25) is 0 Å². The fraction of sp³-hybridized carbons (Fsp3) is 0.400. The molecule has 0 saturated carbocycles. The molecule has 43 valence electrons. The normalized spacial score (nSPS) is 15.4. The Balaban J connectivity index is 2.34. The van der Waals surface area contributed by atoms with Crippen LogP contribution in [0.4, 0.5) is 0 Å². The zero-order valence-corrected chi connectivity index (χ0v) is 4.66. The van der Waals surface area contributed by atoms with Gasteiger partial charge in [0.05, 0.1) is 19.0 Å². The van der Waals surface area contributed by atoms with Crippen molar-refractivity contribution in [2.45, 2.75) is 6.92 Å². The van der Waals surface area contributed by atoms with Crippen LogP contribution in [0.1, 0.15) is 6.92 Å². The molecule has 0 spiro atoms. The molecule has 0 fully saturated rings. The van der Waals surface area contributed by atoms with Crippen LogP contribution < -0.4 is 5.43 Å². The lowest BCUT2D eigenvalue weighted by atomic mass is 10.6. The lowest BCUT2D eigenvalue weighted by Gasteiger charge is -1.94. The van der Waals surface area contributed by atoms with Crippen LogP contribution in [0.5, 0.6) is 0 Å². The van der Waals surface area contributed by atoms with Crippen LogP contribution in [0.3, 0.4) is 0 Å². The zero-order valence-electron chi connectivity index (χ0n) is 4.66. The first-order valence-corrected chi connectivity index (χ1v) is 2.49. The molecule has 0 unspecified atom stereocenters. The smallest absolute Gasteiger partial charge is 0.159 e. The van der Waals surface area contributed by atoms with Gasteiger partial charge in [-0.3, -0.25) is 0 Å². The Hall–Kier alpha value is -0.990. The molecule has 0 amide bonds. The van der Waals surface area contributed by atoms with E-state index in [4.69, 9.17) is 4.74 Å². The highest BCUT2D eigenvalue weighted by molar-refractivity contribution is 5.77. The summed E-state index contributed by atoms with van der Waals surface area (Å²) in [5.41, 5.74) is 3.57. The minimum Gasteiger partial charge on any atom is -0.490 e. The van der Waals surface area contributed by atoms with E-state index in [0.29, 0.717) is 6.61 Å². The molecular weight excluding hydrogens is 104 g/mol. The first kappa shape index (κ1) is 5.15. The summed E-state index contributed by atoms with van der Waals surface area (Å²) in [6, 6.07) is 0. The van der Waals surface area contributed by atoms with Crippen LogP contribution in [0.25, 0.3) is 0 Å². The molecule has 1 radical (unpaired) electrons. The van der Waals surface area contributed by atoms with Crippen molar-refractivity contribution in [3.05, 3.63) is 12.0 Å². The first-order valence-electron chi connectivity index (χ1n) is 2.49. The Morgan fingerprint density at radius 1 is 1.75 bits per heavy atom. The topological polar surface area (TPSA) is 35.7 Å². The lowest BCUT2D eigenvalue weighted by molar-refractivity contribution is 0.251. The molecule has 0 bridgehead atoms. The summed E-state index contributed by atoms with van der Waals surface area (Å²) in [5.74, 6) is 0.743. The van der Waals surface area contributed by atoms with Crippen LogP contribution in [0.15, 0.2) is 17.1 Å². The third-order valence-corrected chi connectivity index (χ3v) is 0.748. The molecule has 0 aromatic rings. The molecule has 0 aromatic carbocycles. The highest BCUT2D eigenvalue weighted by atomic mass is 16.5. The fourth-order valence-electron chi connectivity index (χ4n) is 0.455. The molecule has 3 heteroatoms. The van der Waals surface area contributed by atoms with Crippen molar-refractivity contribution < 1.29 is 4.74 Å². The summed E-state index contributed by atoms with van der Waals surface area (Å²) in [6.07, 6.45) is 3.17. The minimum atomic E-state index is 0.674. The fourth-order valence-corrected chi connectivity index (χ4v) is 0.455. The van der Waals surface area contributed by atoms with Crippen molar-refractivity contribution in [2.75, 3.05) is 6.61 Å². The Bertz CT molecular complexity index is 128. The van der Waals surface area contributed by atoms with E-state index in [2.05, 4.69) is 10.5 Å². The van der Waals surface area contributed by atoms with Gasteiger partial charge in [-0.2, -0.15) is 10.5 Å². The number of allylic oxidation sites excluding steroid dienone is 1. The Kier molecular flexibility index (Phi) is 1.51. The van der Waals surface area contributed by atoms with Crippen LogP contribution in [-0.4, -0.2) is 12.8 Å². The number of hydrogen-bond acceptors (Lipinski definition) is 2. The monoisotopic (exact) mass is 111 g/mol. The maximum Gasteiger partial charge on any atom is 0.159 e. The Labute approximate surface area is 48.0 Å². The molecule has 0 saturated heterocycles. The van der Waals surface area contributed by atoms with Crippen LogP contribution in [-0.2, 0) is 4.74 Å². The molecule has 1 aliphatic rings. The number of rotatable bonds is 2. The quantitative estimate of drug-likeness (QED) is 0.510. The largest absolute Gasteiger partial charge is 0.490 e. The average Bonchev–Trinajstić information content (AvgIpc) is 2.19. The molecule has 1 aliphatic heterocycles. The third-order valence-electron chi connectivity index (χ3n) is 0.748. The standard InChI is InChI=1S/C5H7N2O/c1-2-8-5-3-6-7-4-5/h3-4H,2H2,1H3. The van der Waals surface area contributed by atoms with Gasteiger partial charge in [-0.25, -0.2) is 0 Å². The first-order chi connectivity index (χ1) is 3.93. The molecule has 0 aromatic heterocycles. The molecule has 1 rings (SSSR count). The average molecular weight is 111 g/mol. The molecular formula is C5H7N2O. The van der Waals surface area contributed by atoms with E-state index in [0.717, 1.165) is 5.76 Å². The second kappa shape index (κ2) is 2.35. The summed E-state index contributed by atoms with van der Waals surface area (Å²) in [7, 11) is 0. The van der Waals surface area contributed by atoms with Gasteiger partial charge >= 0.3 is 0 Å². The van der Waals surface area contributed by atoms with Crippen LogP contribution in [0.2, 0.25) is 0 Å². The number of ether oxygens (including phenoxy) is 1. The molecule has 0 aliphatic carbocycles. The summed E-state index contributed by atoms with van der Waals surface area (Å²) in [4.78, 5) is 0. The predicted octanol–water partition coefficient (Wildman–Crippen LogP) is 0.468. The van der Waals surface area contributed by atoms with Crippen molar-refractivity contribution in [3.63, 3.8) is 0 Å². The predicted molar refractivity (Wildman–Crippen MR) is 30.3 cm³/mol. The van der Waals surface area contributed by atoms with E-state index in [9.17, 15) is 0 Å². The van der Waals surface area contributed by atoms with Gasteiger partial charge in [-0.05, 0) is 6.92 Å². The second-order valence-corrected chi connectivity index (χ2v) is 1.32. The molecule has 8 heavy (non-hydrogen) atoms. The zero-order chi connectivity index (χ0) is 5.82. The molecule has 0 N–H and O–H groups in total. The highest BCUT2D eigenvalue weighted by Crippen LogP contribution is 1.96. The Morgan fingerprint density at radius 2 is 2.62 bits per heavy atom. The van der Waals surface area contributed by atoms with E-state index in [1.807, 2.05) is 6.92 Å². The van der Waals surface area contributed by atoms with Gasteiger partial charge in [-0.1, -0.05) is 0 Å². The van der Waals surface area contributed by atoms with Crippen molar-refractivity contribution in [1.82, 2.24) is 5.43 Å². The summed E-state index contributed by atoms with van der Waals surface area (Å²) in [5, 5.41) is 3.57. The molecule has 1 heterocycles. The summed E-state index contributed by atoms with van der Waals surface area (Å²) >= 11 is 0. The maximum absolute atomic E-state index is 5.02. The van der Waals surface area contributed by atoms with Gasteiger partial charge in [0, 0.05) is 0 Å². The van der Waals surface area contributed by atoms with Crippen molar-refractivity contribution in [2.24, 2.45) is 5.10 Å². The van der Waals surface area contributed by atoms with Gasteiger partial charge in [-0.15, -0.1) is 0 Å². The van der Waals surface area contributed by atoms with E-state index in [-0.39, 0.29) is 0 Å². The summed E-state index contributed by atoms with van der Waals surface area (Å²) < 4.78 is 5.02. The van der Waals surface area contributed by atoms with Crippen LogP contribution in [0, 0.1) is 0 Å². The molecule has 0 atom stereocenters. The highest BCUT2D eigenvalue weighted by Gasteiger charge is 1.96. The minimum absolute atomic E-state index is 0.674. The summed E-state index contributed by atoms with van der Waals surface area (Å²) in [6.45, 7) is 2.60. The Morgan fingerprint density at radius 3 is 3.12 bits per heavy atom. The number of nitrogens with zero attached hydrogens (tertiary/aromatic N) is 2. The van der Waals surface area contributed by atoms with Gasteiger partial charge in [0.25, 0.3) is 0 Å². The second-order valence-electron chi connectivity index (χ2n) is 1.32. The van der Waals surface area contributed by atoms with E-state index < -0.39 is 0 Å². The van der Waals surface area contributed by atoms with Crippen LogP contribution >= 0.6 is 0 Å². The van der Waals surface area contributed by atoms with Crippen molar-refractivity contribution in [1.29, 1.82) is 0 Å². The van der Waals surface area contributed by atoms with E-state index in [1.54, 1.807) is 12.4 Å². The van der Waals surface area contributed by atoms with Gasteiger partial charge in [0.1, 0.15) is 0 Å². The number of hydrogen-bond donors (Lipinski definition) is 0. The van der Waals surface area contributed by atoms with Gasteiger partial charge < -0.3 is 4.74 Å². The molecule has 3 nitrogen and oxygen atoms in total. The SMILES string of the molecule is CCOC1=C[N]N=C1. The van der Waals surface area contributed by atoms with Crippen molar-refractivity contribution in [3.8, 4) is 0 Å². The third kappa shape index (κ3) is 0.992. The lowest BCUT2D eigenvalue weighted by Crippen LogP contribution is -1.88. The van der Waals surface area contributed by atoms with Crippen molar-refractivity contribution >= 4 is 6.21 Å². The van der Waals surface area contributed by atoms with E-state index in [1.165, 1.54) is 0 Å². The maximum atomic E-state index is 5.02. The van der Waals surface area contributed by atoms with Gasteiger partial charge in [0.15, 0.2) is 5.76 Å². The van der Waals surface area contributed by atoms with E-state index >= 15 is 0 Å².